The van der Waals surface area contributed by atoms with Gasteiger partial charge in [-0.05, 0) is 87.1 Å². The number of halogens is 1. The molecule has 1 aliphatic rings. The van der Waals surface area contributed by atoms with Crippen LogP contribution in [0.4, 0.5) is 5.13 Å². The summed E-state index contributed by atoms with van der Waals surface area (Å²) >= 11 is 7.57. The fraction of sp³-hybridized carbons (Fsp3) is 0.286. The molecule has 4 aromatic rings. The molecule has 38 heavy (non-hydrogen) atoms. The lowest BCUT2D eigenvalue weighted by Gasteiger charge is -2.28. The van der Waals surface area contributed by atoms with Crippen molar-refractivity contribution in [3.8, 4) is 0 Å². The van der Waals surface area contributed by atoms with Gasteiger partial charge in [-0.25, -0.2) is 13.4 Å². The predicted molar refractivity (Wildman–Crippen MR) is 154 cm³/mol. The number of fused-ring (bicyclic) bond motifs is 2. The molecule has 0 bridgehead atoms. The minimum atomic E-state index is -3.68. The highest BCUT2D eigenvalue weighted by atomic mass is 35.5. The maximum Gasteiger partial charge on any atom is 0.260 e. The zero-order valence-corrected chi connectivity index (χ0v) is 23.7. The second-order valence-corrected chi connectivity index (χ2v) is 13.0. The number of amides is 1. The van der Waals surface area contributed by atoms with E-state index in [1.54, 1.807) is 23.1 Å². The molecular formula is C28H29ClN4O3S2. The molecular weight excluding hydrogens is 540 g/mol. The first-order valence-electron chi connectivity index (χ1n) is 12.4. The lowest BCUT2D eigenvalue weighted by atomic mass is 10.0. The van der Waals surface area contributed by atoms with Crippen molar-refractivity contribution < 1.29 is 13.2 Å². The lowest BCUT2D eigenvalue weighted by Crippen LogP contribution is -2.36. The van der Waals surface area contributed by atoms with Crippen LogP contribution in [0.15, 0.2) is 71.6 Å². The van der Waals surface area contributed by atoms with Gasteiger partial charge in [0, 0.05) is 30.2 Å². The molecule has 7 nitrogen and oxygen atoms in total. The molecule has 2 heterocycles. The maximum atomic E-state index is 13.7. The summed E-state index contributed by atoms with van der Waals surface area (Å²) in [5, 5.41) is 1.21. The number of hydrogen-bond donors (Lipinski definition) is 0. The number of carbonyl (C=O) groups excluding carboxylic acids is 1. The van der Waals surface area contributed by atoms with Gasteiger partial charge in [-0.15, -0.1) is 0 Å². The van der Waals surface area contributed by atoms with Gasteiger partial charge in [0.25, 0.3) is 5.91 Å². The van der Waals surface area contributed by atoms with E-state index in [-0.39, 0.29) is 10.8 Å². The van der Waals surface area contributed by atoms with E-state index in [1.165, 1.54) is 33.3 Å². The van der Waals surface area contributed by atoms with Gasteiger partial charge in [0.1, 0.15) is 0 Å². The van der Waals surface area contributed by atoms with Crippen molar-refractivity contribution in [2.75, 3.05) is 38.6 Å². The van der Waals surface area contributed by atoms with E-state index in [0.717, 1.165) is 28.7 Å². The summed E-state index contributed by atoms with van der Waals surface area (Å²) in [7, 11) is 0.299. The van der Waals surface area contributed by atoms with Gasteiger partial charge in [-0.2, -0.15) is 4.31 Å². The molecule has 3 aromatic carbocycles. The molecule has 0 radical (unpaired) electrons. The highest BCUT2D eigenvalue weighted by Crippen LogP contribution is 2.32. The Bertz CT molecular complexity index is 1570. The first kappa shape index (κ1) is 26.8. The monoisotopic (exact) mass is 568 g/mol. The Kier molecular flexibility index (Phi) is 7.83. The second-order valence-electron chi connectivity index (χ2n) is 9.60. The standard InChI is InChI=1S/C28H29ClN4O3S2/c1-31(2)15-5-16-33(28-30-25-13-10-23(29)18-26(25)37-28)27(34)21-8-11-24(12-9-21)38(35,36)32-17-14-20-6-3-4-7-22(20)19-32/h3-4,6-13,18H,5,14-17,19H2,1-2H3. The van der Waals surface area contributed by atoms with Crippen molar-refractivity contribution in [2.45, 2.75) is 24.3 Å². The summed E-state index contributed by atoms with van der Waals surface area (Å²) in [6, 6.07) is 19.6. The largest absolute Gasteiger partial charge is 0.309 e. The Morgan fingerprint density at radius 3 is 2.50 bits per heavy atom. The molecule has 10 heteroatoms. The number of sulfonamides is 1. The summed E-state index contributed by atoms with van der Waals surface area (Å²) in [6.45, 7) is 2.08. The third-order valence-electron chi connectivity index (χ3n) is 6.64. The zero-order valence-electron chi connectivity index (χ0n) is 21.3. The molecule has 198 valence electrons. The molecule has 0 atom stereocenters. The lowest BCUT2D eigenvalue weighted by molar-refractivity contribution is 0.0986. The normalized spacial score (nSPS) is 14.1. The van der Waals surface area contributed by atoms with Gasteiger partial charge in [0.15, 0.2) is 5.13 Å². The molecule has 1 amide bonds. The van der Waals surface area contributed by atoms with Crippen molar-refractivity contribution in [1.82, 2.24) is 14.2 Å². The predicted octanol–water partition coefficient (Wildman–Crippen LogP) is 5.30. The molecule has 5 rings (SSSR count). The van der Waals surface area contributed by atoms with E-state index >= 15 is 0 Å². The topological polar surface area (TPSA) is 73.8 Å². The van der Waals surface area contributed by atoms with Crippen LogP contribution < -0.4 is 4.90 Å². The fourth-order valence-electron chi connectivity index (χ4n) is 4.58. The van der Waals surface area contributed by atoms with Crippen LogP contribution in [-0.4, -0.2) is 62.2 Å². The Hall–Kier alpha value is -2.82. The van der Waals surface area contributed by atoms with Gasteiger partial charge < -0.3 is 4.90 Å². The summed E-state index contributed by atoms with van der Waals surface area (Å²) in [6.07, 6.45) is 1.44. The number of aromatic nitrogens is 1. The number of nitrogens with zero attached hydrogens (tertiary/aromatic N) is 4. The summed E-state index contributed by atoms with van der Waals surface area (Å²) in [5.41, 5.74) is 3.41. The van der Waals surface area contributed by atoms with E-state index in [4.69, 9.17) is 11.6 Å². The summed E-state index contributed by atoms with van der Waals surface area (Å²) < 4.78 is 29.2. The zero-order chi connectivity index (χ0) is 26.9. The molecule has 1 aromatic heterocycles. The Balaban J connectivity index is 1.39. The molecule has 0 spiro atoms. The Morgan fingerprint density at radius 2 is 1.76 bits per heavy atom. The van der Waals surface area contributed by atoms with Crippen molar-refractivity contribution in [1.29, 1.82) is 0 Å². The van der Waals surface area contributed by atoms with E-state index in [2.05, 4.69) is 9.88 Å². The first-order chi connectivity index (χ1) is 18.2. The molecule has 0 fully saturated rings. The number of rotatable bonds is 8. The minimum Gasteiger partial charge on any atom is -0.309 e. The number of anilines is 1. The third-order valence-corrected chi connectivity index (χ3v) is 9.77. The van der Waals surface area contributed by atoms with E-state index in [0.29, 0.717) is 41.8 Å². The molecule has 0 N–H and O–H groups in total. The van der Waals surface area contributed by atoms with Crippen LogP contribution in [0.3, 0.4) is 0 Å². The third kappa shape index (κ3) is 5.62. The van der Waals surface area contributed by atoms with Crippen molar-refractivity contribution in [3.05, 3.63) is 88.4 Å². The quantitative estimate of drug-likeness (QED) is 0.288. The minimum absolute atomic E-state index is 0.183. The average Bonchev–Trinajstić information content (AvgIpc) is 3.33. The smallest absolute Gasteiger partial charge is 0.260 e. The second kappa shape index (κ2) is 11.1. The van der Waals surface area contributed by atoms with Crippen molar-refractivity contribution in [2.24, 2.45) is 0 Å². The number of benzene rings is 3. The van der Waals surface area contributed by atoms with E-state index in [1.807, 2.05) is 50.5 Å². The average molecular weight is 569 g/mol. The summed E-state index contributed by atoms with van der Waals surface area (Å²) in [5.74, 6) is -0.218. The molecule has 1 aliphatic heterocycles. The van der Waals surface area contributed by atoms with Gasteiger partial charge in [0.2, 0.25) is 10.0 Å². The Labute approximate surface area is 232 Å². The molecule has 0 unspecified atom stereocenters. The number of thiazole rings is 1. The first-order valence-corrected chi connectivity index (χ1v) is 15.1. The van der Waals surface area contributed by atoms with Crippen LogP contribution >= 0.6 is 22.9 Å². The van der Waals surface area contributed by atoms with Crippen LogP contribution in [0.2, 0.25) is 5.02 Å². The van der Waals surface area contributed by atoms with Gasteiger partial charge >= 0.3 is 0 Å². The number of hydrogen-bond acceptors (Lipinski definition) is 6. The fourth-order valence-corrected chi connectivity index (χ4v) is 7.27. The maximum absolute atomic E-state index is 13.7. The summed E-state index contributed by atoms with van der Waals surface area (Å²) in [4.78, 5) is 22.3. The van der Waals surface area contributed by atoms with Crippen LogP contribution in [0.5, 0.6) is 0 Å². The van der Waals surface area contributed by atoms with Crippen LogP contribution in [0.25, 0.3) is 10.2 Å². The van der Waals surface area contributed by atoms with E-state index in [9.17, 15) is 13.2 Å². The molecule has 0 saturated heterocycles. The van der Waals surface area contributed by atoms with E-state index < -0.39 is 10.0 Å². The highest BCUT2D eigenvalue weighted by molar-refractivity contribution is 7.89. The van der Waals surface area contributed by atoms with Crippen molar-refractivity contribution >= 4 is 54.2 Å². The van der Waals surface area contributed by atoms with Crippen molar-refractivity contribution in [3.63, 3.8) is 0 Å². The van der Waals surface area contributed by atoms with Gasteiger partial charge in [-0.3, -0.25) is 9.69 Å². The molecule has 0 aliphatic carbocycles. The number of carbonyl (C=O) groups is 1. The SMILES string of the molecule is CN(C)CCCN(C(=O)c1ccc(S(=O)(=O)N2CCc3ccccc3C2)cc1)c1nc2ccc(Cl)cc2s1. The van der Waals surface area contributed by atoms with Crippen LogP contribution in [0, 0.1) is 0 Å². The van der Waals surface area contributed by atoms with Gasteiger partial charge in [0.05, 0.1) is 15.1 Å². The van der Waals surface area contributed by atoms with Gasteiger partial charge in [-0.1, -0.05) is 47.2 Å². The molecule has 0 saturated carbocycles. The Morgan fingerprint density at radius 1 is 1.03 bits per heavy atom. The highest BCUT2D eigenvalue weighted by Gasteiger charge is 2.29. The van der Waals surface area contributed by atoms with Crippen LogP contribution in [-0.2, 0) is 23.0 Å². The van der Waals surface area contributed by atoms with Crippen LogP contribution in [0.1, 0.15) is 27.9 Å².